The average Bonchev–Trinajstić information content (AvgIpc) is 3.12. The molecule has 1 heterocycles. The highest BCUT2D eigenvalue weighted by Gasteiger charge is 2.44. The third-order valence-corrected chi connectivity index (χ3v) is 6.36. The number of imide groups is 1. The van der Waals surface area contributed by atoms with Crippen molar-refractivity contribution >= 4 is 29.0 Å². The lowest BCUT2D eigenvalue weighted by atomic mass is 9.81. The van der Waals surface area contributed by atoms with Crippen molar-refractivity contribution in [2.24, 2.45) is 5.73 Å². The minimum Gasteiger partial charge on any atom is -0.489 e. The van der Waals surface area contributed by atoms with E-state index in [1.54, 1.807) is 4.90 Å². The lowest BCUT2D eigenvalue weighted by Gasteiger charge is -2.25. The second-order valence-electron chi connectivity index (χ2n) is 8.52. The molecule has 3 N–H and O–H groups in total. The fourth-order valence-electron chi connectivity index (χ4n) is 4.34. The first kappa shape index (κ1) is 22.5. The highest BCUT2D eigenvalue weighted by Crippen LogP contribution is 2.36. The summed E-state index contributed by atoms with van der Waals surface area (Å²) < 4.78 is 6.02. The summed E-state index contributed by atoms with van der Waals surface area (Å²) in [5, 5.41) is 4.37. The SMILES string of the molecule is CC1(c2ccc(OCc3cccc4ccccc34)cc2)CCN(CC(N)C(=O)NC=O)C1=O. The minimum absolute atomic E-state index is 0.0698. The van der Waals surface area contributed by atoms with Crippen LogP contribution in [0.4, 0.5) is 0 Å². The summed E-state index contributed by atoms with van der Waals surface area (Å²) in [7, 11) is 0. The van der Waals surface area contributed by atoms with Crippen molar-refractivity contribution in [2.75, 3.05) is 13.1 Å². The van der Waals surface area contributed by atoms with Gasteiger partial charge in [0.2, 0.25) is 18.2 Å². The maximum Gasteiger partial charge on any atom is 0.245 e. The van der Waals surface area contributed by atoms with Crippen molar-refractivity contribution in [3.8, 4) is 5.75 Å². The zero-order valence-corrected chi connectivity index (χ0v) is 18.5. The zero-order chi connectivity index (χ0) is 23.4. The number of fused-ring (bicyclic) bond motifs is 1. The van der Waals surface area contributed by atoms with Crippen molar-refractivity contribution in [3.63, 3.8) is 0 Å². The number of hydrogen-bond donors (Lipinski definition) is 2. The number of amides is 3. The van der Waals surface area contributed by atoms with Gasteiger partial charge in [0.25, 0.3) is 0 Å². The molecule has 0 bridgehead atoms. The molecule has 2 atom stereocenters. The number of nitrogens with two attached hydrogens (primary N) is 1. The second kappa shape index (κ2) is 9.42. The molecule has 7 heteroatoms. The van der Waals surface area contributed by atoms with Gasteiger partial charge in [0.1, 0.15) is 18.4 Å². The lowest BCUT2D eigenvalue weighted by Crippen LogP contribution is -2.49. The summed E-state index contributed by atoms with van der Waals surface area (Å²) in [5.74, 6) is 0.0468. The Morgan fingerprint density at radius 2 is 1.88 bits per heavy atom. The maximum absolute atomic E-state index is 13.1. The molecule has 2 unspecified atom stereocenters. The Balaban J connectivity index is 1.41. The van der Waals surface area contributed by atoms with Gasteiger partial charge in [0, 0.05) is 13.1 Å². The van der Waals surface area contributed by atoms with Crippen LogP contribution in [0.1, 0.15) is 24.5 Å². The molecule has 0 radical (unpaired) electrons. The Hall–Kier alpha value is -3.71. The Bertz CT molecular complexity index is 1170. The van der Waals surface area contributed by atoms with Crippen LogP contribution in [0.5, 0.6) is 5.75 Å². The molecule has 3 aromatic carbocycles. The smallest absolute Gasteiger partial charge is 0.245 e. The molecule has 7 nitrogen and oxygen atoms in total. The predicted molar refractivity (Wildman–Crippen MR) is 125 cm³/mol. The molecule has 170 valence electrons. The first-order valence-corrected chi connectivity index (χ1v) is 10.9. The topological polar surface area (TPSA) is 102 Å². The van der Waals surface area contributed by atoms with Gasteiger partial charge in [-0.1, -0.05) is 54.6 Å². The standard InChI is InChI=1S/C26H27N3O4/c1-26(13-14-29(25(26)32)15-23(27)24(31)28-17-30)20-9-11-21(12-10-20)33-16-19-7-4-6-18-5-2-3-8-22(18)19/h2-12,17,23H,13-16,27H2,1H3,(H,28,30,31). The maximum atomic E-state index is 13.1. The molecule has 33 heavy (non-hydrogen) atoms. The summed E-state index contributed by atoms with van der Waals surface area (Å²) in [4.78, 5) is 36.9. The number of nitrogens with zero attached hydrogens (tertiary/aromatic N) is 1. The molecule has 0 saturated carbocycles. The highest BCUT2D eigenvalue weighted by molar-refractivity contribution is 5.92. The van der Waals surface area contributed by atoms with E-state index >= 15 is 0 Å². The number of nitrogens with one attached hydrogen (secondary N) is 1. The Morgan fingerprint density at radius 3 is 2.64 bits per heavy atom. The first-order valence-electron chi connectivity index (χ1n) is 10.9. The third-order valence-electron chi connectivity index (χ3n) is 6.36. The van der Waals surface area contributed by atoms with Crippen LogP contribution in [-0.2, 0) is 26.4 Å². The number of hydrogen-bond acceptors (Lipinski definition) is 5. The number of benzene rings is 3. The fourth-order valence-corrected chi connectivity index (χ4v) is 4.34. The molecular formula is C26H27N3O4. The molecule has 0 aromatic heterocycles. The van der Waals surface area contributed by atoms with Crippen LogP contribution in [0.2, 0.25) is 0 Å². The van der Waals surface area contributed by atoms with Crippen molar-refractivity contribution in [2.45, 2.75) is 31.4 Å². The van der Waals surface area contributed by atoms with Gasteiger partial charge in [-0.15, -0.1) is 0 Å². The number of carbonyl (C=O) groups is 3. The molecule has 1 saturated heterocycles. The van der Waals surface area contributed by atoms with E-state index in [-0.39, 0.29) is 12.5 Å². The van der Waals surface area contributed by atoms with Gasteiger partial charge >= 0.3 is 0 Å². The van der Waals surface area contributed by atoms with Crippen molar-refractivity contribution < 1.29 is 19.1 Å². The minimum atomic E-state index is -0.952. The van der Waals surface area contributed by atoms with Crippen molar-refractivity contribution in [3.05, 3.63) is 77.9 Å². The van der Waals surface area contributed by atoms with E-state index in [1.165, 1.54) is 10.8 Å². The quantitative estimate of drug-likeness (QED) is 0.519. The molecule has 3 aromatic rings. The summed E-state index contributed by atoms with van der Waals surface area (Å²) in [5.41, 5.74) is 7.13. The second-order valence-corrected chi connectivity index (χ2v) is 8.52. The molecule has 0 spiro atoms. The van der Waals surface area contributed by atoms with E-state index in [2.05, 4.69) is 24.3 Å². The van der Waals surface area contributed by atoms with E-state index < -0.39 is 17.4 Å². The number of carbonyl (C=O) groups excluding carboxylic acids is 3. The molecule has 1 aliphatic heterocycles. The molecular weight excluding hydrogens is 418 g/mol. The first-order chi connectivity index (χ1) is 15.9. The monoisotopic (exact) mass is 445 g/mol. The van der Waals surface area contributed by atoms with Crippen LogP contribution in [0, 0.1) is 0 Å². The van der Waals surface area contributed by atoms with E-state index in [0.29, 0.717) is 26.0 Å². The highest BCUT2D eigenvalue weighted by atomic mass is 16.5. The van der Waals surface area contributed by atoms with Gasteiger partial charge in [-0.3, -0.25) is 19.7 Å². The number of rotatable bonds is 8. The molecule has 4 rings (SSSR count). The van der Waals surface area contributed by atoms with E-state index in [1.807, 2.05) is 54.7 Å². The van der Waals surface area contributed by atoms with Crippen LogP contribution in [0.15, 0.2) is 66.7 Å². The van der Waals surface area contributed by atoms with Crippen LogP contribution < -0.4 is 15.8 Å². The van der Waals surface area contributed by atoms with E-state index in [0.717, 1.165) is 16.9 Å². The van der Waals surface area contributed by atoms with Crippen LogP contribution in [0.25, 0.3) is 10.8 Å². The van der Waals surface area contributed by atoms with Gasteiger partial charge in [-0.25, -0.2) is 0 Å². The third kappa shape index (κ3) is 4.59. The summed E-state index contributed by atoms with van der Waals surface area (Å²) in [6.07, 6.45) is 0.909. The van der Waals surface area contributed by atoms with E-state index in [9.17, 15) is 14.4 Å². The molecule has 1 aliphatic rings. The zero-order valence-electron chi connectivity index (χ0n) is 18.5. The van der Waals surface area contributed by atoms with Gasteiger partial charge < -0.3 is 15.4 Å². The van der Waals surface area contributed by atoms with Crippen molar-refractivity contribution in [1.82, 2.24) is 10.2 Å². The molecule has 1 fully saturated rings. The normalized spacial score (nSPS) is 18.8. The molecule has 3 amide bonds. The average molecular weight is 446 g/mol. The Labute approximate surface area is 192 Å². The van der Waals surface area contributed by atoms with E-state index in [4.69, 9.17) is 10.5 Å². The fraction of sp³-hybridized carbons (Fsp3) is 0.269. The summed E-state index contributed by atoms with van der Waals surface area (Å²) in [6.45, 7) is 2.92. The lowest BCUT2D eigenvalue weighted by molar-refractivity contribution is -0.133. The number of likely N-dealkylation sites (tertiary alicyclic amines) is 1. The van der Waals surface area contributed by atoms with Gasteiger partial charge in [-0.2, -0.15) is 0 Å². The largest absolute Gasteiger partial charge is 0.489 e. The van der Waals surface area contributed by atoms with Gasteiger partial charge in [0.05, 0.1) is 5.41 Å². The van der Waals surface area contributed by atoms with Crippen LogP contribution in [0.3, 0.4) is 0 Å². The van der Waals surface area contributed by atoms with Gasteiger partial charge in [0.15, 0.2) is 0 Å². The molecule has 0 aliphatic carbocycles. The Kier molecular flexibility index (Phi) is 6.42. The van der Waals surface area contributed by atoms with Crippen LogP contribution in [-0.4, -0.2) is 42.3 Å². The van der Waals surface area contributed by atoms with Crippen LogP contribution >= 0.6 is 0 Å². The van der Waals surface area contributed by atoms with Crippen molar-refractivity contribution in [1.29, 1.82) is 0 Å². The van der Waals surface area contributed by atoms with Gasteiger partial charge in [-0.05, 0) is 47.4 Å². The predicted octanol–water partition coefficient (Wildman–Crippen LogP) is 2.51. The summed E-state index contributed by atoms with van der Waals surface area (Å²) >= 11 is 0. The summed E-state index contributed by atoms with van der Waals surface area (Å²) in [6, 6.07) is 21.0. The Morgan fingerprint density at radius 1 is 1.15 bits per heavy atom. The number of ether oxygens (including phenoxy) is 1.